The molecule has 2 N–H and O–H groups in total. The lowest BCUT2D eigenvalue weighted by molar-refractivity contribution is -0.137. The molecule has 104 valence electrons. The highest BCUT2D eigenvalue weighted by Crippen LogP contribution is 2.21. The summed E-state index contributed by atoms with van der Waals surface area (Å²) in [5.41, 5.74) is 5.95. The van der Waals surface area contributed by atoms with Crippen molar-refractivity contribution < 1.29 is 9.53 Å². The Kier molecular flexibility index (Phi) is 5.01. The van der Waals surface area contributed by atoms with Gasteiger partial charge in [-0.1, -0.05) is 0 Å². The average molecular weight is 254 g/mol. The summed E-state index contributed by atoms with van der Waals surface area (Å²) in [6.45, 7) is 4.60. The van der Waals surface area contributed by atoms with Gasteiger partial charge in [-0.25, -0.2) is 0 Å². The number of nitrogens with zero attached hydrogens (tertiary/aromatic N) is 1. The number of nitrogens with two attached hydrogens (primary N) is 1. The van der Waals surface area contributed by atoms with Gasteiger partial charge in [0.2, 0.25) is 5.91 Å². The standard InChI is InChI=1S/C14H26N2O2/c1-11(15)12-5-4-7-16(10-12)14(17)9-13-6-2-3-8-18-13/h11-13H,2-10,15H2,1H3. The van der Waals surface area contributed by atoms with Gasteiger partial charge in [0.15, 0.2) is 0 Å². The van der Waals surface area contributed by atoms with E-state index >= 15 is 0 Å². The first-order chi connectivity index (χ1) is 8.66. The molecule has 0 bridgehead atoms. The zero-order chi connectivity index (χ0) is 13.0. The third-order valence-corrected chi connectivity index (χ3v) is 4.23. The van der Waals surface area contributed by atoms with E-state index < -0.39 is 0 Å². The van der Waals surface area contributed by atoms with Crippen molar-refractivity contribution in [3.05, 3.63) is 0 Å². The van der Waals surface area contributed by atoms with Gasteiger partial charge in [-0.15, -0.1) is 0 Å². The van der Waals surface area contributed by atoms with Crippen LogP contribution in [0.3, 0.4) is 0 Å². The minimum atomic E-state index is 0.155. The van der Waals surface area contributed by atoms with E-state index in [1.165, 1.54) is 6.42 Å². The number of hydrogen-bond donors (Lipinski definition) is 1. The largest absolute Gasteiger partial charge is 0.378 e. The maximum atomic E-state index is 12.2. The molecular weight excluding hydrogens is 228 g/mol. The van der Waals surface area contributed by atoms with Crippen LogP contribution in [0.5, 0.6) is 0 Å². The zero-order valence-corrected chi connectivity index (χ0v) is 11.4. The Morgan fingerprint density at radius 3 is 2.89 bits per heavy atom. The highest BCUT2D eigenvalue weighted by atomic mass is 16.5. The molecule has 2 fully saturated rings. The van der Waals surface area contributed by atoms with Crippen molar-refractivity contribution in [3.63, 3.8) is 0 Å². The molecule has 0 aromatic heterocycles. The van der Waals surface area contributed by atoms with Crippen LogP contribution in [0.2, 0.25) is 0 Å². The Morgan fingerprint density at radius 2 is 2.22 bits per heavy atom. The molecule has 3 atom stereocenters. The lowest BCUT2D eigenvalue weighted by Gasteiger charge is -2.35. The maximum Gasteiger partial charge on any atom is 0.225 e. The van der Waals surface area contributed by atoms with Crippen molar-refractivity contribution in [3.8, 4) is 0 Å². The number of rotatable bonds is 3. The summed E-state index contributed by atoms with van der Waals surface area (Å²) in [5, 5.41) is 0. The molecule has 4 nitrogen and oxygen atoms in total. The summed E-state index contributed by atoms with van der Waals surface area (Å²) in [4.78, 5) is 14.2. The molecule has 2 saturated heterocycles. The molecule has 0 aromatic carbocycles. The number of amides is 1. The number of ether oxygens (including phenoxy) is 1. The van der Waals surface area contributed by atoms with E-state index in [0.29, 0.717) is 12.3 Å². The second kappa shape index (κ2) is 6.53. The van der Waals surface area contributed by atoms with E-state index in [-0.39, 0.29) is 18.1 Å². The quantitative estimate of drug-likeness (QED) is 0.831. The third kappa shape index (κ3) is 3.69. The molecule has 2 aliphatic heterocycles. The summed E-state index contributed by atoms with van der Waals surface area (Å²) in [7, 11) is 0. The van der Waals surface area contributed by atoms with Crippen LogP contribution in [0.15, 0.2) is 0 Å². The fourth-order valence-corrected chi connectivity index (χ4v) is 2.96. The van der Waals surface area contributed by atoms with Gasteiger partial charge in [0.1, 0.15) is 0 Å². The Balaban J connectivity index is 1.80. The molecule has 4 heteroatoms. The van der Waals surface area contributed by atoms with Crippen LogP contribution in [0.1, 0.15) is 45.4 Å². The number of piperidine rings is 1. The van der Waals surface area contributed by atoms with Crippen LogP contribution >= 0.6 is 0 Å². The molecule has 3 unspecified atom stereocenters. The van der Waals surface area contributed by atoms with E-state index in [1.54, 1.807) is 0 Å². The van der Waals surface area contributed by atoms with Gasteiger partial charge in [0.05, 0.1) is 12.5 Å². The molecule has 1 amide bonds. The minimum absolute atomic E-state index is 0.155. The van der Waals surface area contributed by atoms with Gasteiger partial charge in [-0.3, -0.25) is 4.79 Å². The second-order valence-corrected chi connectivity index (χ2v) is 5.79. The fourth-order valence-electron chi connectivity index (χ4n) is 2.96. The molecule has 2 rings (SSSR count). The van der Waals surface area contributed by atoms with Gasteiger partial charge in [-0.05, 0) is 44.9 Å². The van der Waals surface area contributed by atoms with Gasteiger partial charge in [0.25, 0.3) is 0 Å². The SMILES string of the molecule is CC(N)C1CCCN(C(=O)CC2CCCCO2)C1. The Labute approximate surface area is 110 Å². The summed E-state index contributed by atoms with van der Waals surface area (Å²) >= 11 is 0. The van der Waals surface area contributed by atoms with Crippen molar-refractivity contribution in [2.24, 2.45) is 11.7 Å². The minimum Gasteiger partial charge on any atom is -0.378 e. The number of likely N-dealkylation sites (tertiary alicyclic amines) is 1. The molecule has 0 spiro atoms. The van der Waals surface area contributed by atoms with Crippen LogP contribution in [0.25, 0.3) is 0 Å². The fraction of sp³-hybridized carbons (Fsp3) is 0.929. The van der Waals surface area contributed by atoms with E-state index in [0.717, 1.165) is 45.4 Å². The summed E-state index contributed by atoms with van der Waals surface area (Å²) in [5.74, 6) is 0.724. The Hall–Kier alpha value is -0.610. The monoisotopic (exact) mass is 254 g/mol. The molecule has 0 aliphatic carbocycles. The van der Waals surface area contributed by atoms with Crippen LogP contribution in [-0.4, -0.2) is 42.6 Å². The summed E-state index contributed by atoms with van der Waals surface area (Å²) in [6, 6.07) is 0.187. The lowest BCUT2D eigenvalue weighted by atomic mass is 9.92. The topological polar surface area (TPSA) is 55.6 Å². The number of carbonyl (C=O) groups is 1. The van der Waals surface area contributed by atoms with Crippen molar-refractivity contribution in [2.45, 2.75) is 57.6 Å². The summed E-state index contributed by atoms with van der Waals surface area (Å²) in [6.07, 6.45) is 6.33. The first-order valence-corrected chi connectivity index (χ1v) is 7.32. The van der Waals surface area contributed by atoms with Crippen molar-refractivity contribution in [1.82, 2.24) is 4.90 Å². The van der Waals surface area contributed by atoms with Crippen LogP contribution < -0.4 is 5.73 Å². The van der Waals surface area contributed by atoms with Crippen molar-refractivity contribution in [2.75, 3.05) is 19.7 Å². The Bertz CT molecular complexity index is 275. The molecule has 0 radical (unpaired) electrons. The van der Waals surface area contributed by atoms with Crippen LogP contribution in [0, 0.1) is 5.92 Å². The predicted molar refractivity (Wildman–Crippen MR) is 71.2 cm³/mol. The van der Waals surface area contributed by atoms with Gasteiger partial charge < -0.3 is 15.4 Å². The van der Waals surface area contributed by atoms with Gasteiger partial charge >= 0.3 is 0 Å². The van der Waals surface area contributed by atoms with Gasteiger partial charge in [0, 0.05) is 25.7 Å². The molecular formula is C14H26N2O2. The first kappa shape index (κ1) is 13.8. The van der Waals surface area contributed by atoms with Crippen molar-refractivity contribution >= 4 is 5.91 Å². The molecule has 0 saturated carbocycles. The molecule has 2 heterocycles. The highest BCUT2D eigenvalue weighted by Gasteiger charge is 2.27. The normalized spacial score (nSPS) is 31.1. The van der Waals surface area contributed by atoms with E-state index in [9.17, 15) is 4.79 Å². The predicted octanol–water partition coefficient (Wildman–Crippen LogP) is 1.53. The third-order valence-electron chi connectivity index (χ3n) is 4.23. The number of carbonyl (C=O) groups excluding carboxylic acids is 1. The van der Waals surface area contributed by atoms with Gasteiger partial charge in [-0.2, -0.15) is 0 Å². The van der Waals surface area contributed by atoms with E-state index in [4.69, 9.17) is 10.5 Å². The van der Waals surface area contributed by atoms with Crippen molar-refractivity contribution in [1.29, 1.82) is 0 Å². The second-order valence-electron chi connectivity index (χ2n) is 5.79. The highest BCUT2D eigenvalue weighted by molar-refractivity contribution is 5.76. The molecule has 0 aromatic rings. The molecule has 18 heavy (non-hydrogen) atoms. The summed E-state index contributed by atoms with van der Waals surface area (Å²) < 4.78 is 5.64. The smallest absolute Gasteiger partial charge is 0.225 e. The van der Waals surface area contributed by atoms with Crippen LogP contribution in [0.4, 0.5) is 0 Å². The Morgan fingerprint density at radius 1 is 1.39 bits per heavy atom. The number of hydrogen-bond acceptors (Lipinski definition) is 3. The maximum absolute atomic E-state index is 12.2. The first-order valence-electron chi connectivity index (χ1n) is 7.32. The van der Waals surface area contributed by atoms with E-state index in [2.05, 4.69) is 0 Å². The average Bonchev–Trinajstić information content (AvgIpc) is 2.40. The van der Waals surface area contributed by atoms with Crippen LogP contribution in [-0.2, 0) is 9.53 Å². The lowest BCUT2D eigenvalue weighted by Crippen LogP contribution is -2.46. The van der Waals surface area contributed by atoms with E-state index in [1.807, 2.05) is 11.8 Å². The molecule has 2 aliphatic rings. The zero-order valence-electron chi connectivity index (χ0n) is 11.4.